The Kier molecular flexibility index (Phi) is 8.75. The highest BCUT2D eigenvalue weighted by molar-refractivity contribution is 5.87. The average Bonchev–Trinajstić information content (AvgIpc) is 2.81. The minimum atomic E-state index is -4.25. The Labute approximate surface area is 210 Å². The number of nitrogen functional groups attached to an aromatic ring is 2. The molecule has 0 aliphatic carbocycles. The number of aryl methyl sites for hydroxylation is 1. The number of benzene rings is 3. The van der Waals surface area contributed by atoms with Crippen LogP contribution in [-0.4, -0.2) is 12.1 Å². The summed E-state index contributed by atoms with van der Waals surface area (Å²) in [5, 5.41) is 0. The van der Waals surface area contributed by atoms with Gasteiger partial charge in [0.1, 0.15) is 12.4 Å². The van der Waals surface area contributed by atoms with Gasteiger partial charge in [-0.15, -0.1) is 0 Å². The Bertz CT molecular complexity index is 1200. The SMILES string of the molecule is Nc1cc(N)cc(COC(=O)/C=C/c2ccc(OC(F)(F)c3ccc(CCCC(F)(F)F)cc3)cc2)c1. The van der Waals surface area contributed by atoms with Gasteiger partial charge in [0.25, 0.3) is 0 Å². The second-order valence-electron chi connectivity index (χ2n) is 8.30. The first kappa shape index (κ1) is 27.5. The molecule has 0 spiro atoms. The van der Waals surface area contributed by atoms with Gasteiger partial charge >= 0.3 is 18.3 Å². The fourth-order valence-electron chi connectivity index (χ4n) is 3.41. The maximum atomic E-state index is 14.5. The molecule has 4 N–H and O–H groups in total. The lowest BCUT2D eigenvalue weighted by molar-refractivity contribution is -0.185. The van der Waals surface area contributed by atoms with Gasteiger partial charge in [0, 0.05) is 23.9 Å². The molecule has 0 saturated heterocycles. The van der Waals surface area contributed by atoms with E-state index in [9.17, 15) is 26.7 Å². The van der Waals surface area contributed by atoms with Crippen molar-refractivity contribution in [2.45, 2.75) is 38.2 Å². The van der Waals surface area contributed by atoms with Crippen LogP contribution in [0.3, 0.4) is 0 Å². The van der Waals surface area contributed by atoms with E-state index < -0.39 is 30.2 Å². The molecular weight excluding hydrogens is 495 g/mol. The second-order valence-corrected chi connectivity index (χ2v) is 8.30. The van der Waals surface area contributed by atoms with Gasteiger partial charge in [0.15, 0.2) is 0 Å². The van der Waals surface area contributed by atoms with Crippen molar-refractivity contribution in [1.82, 2.24) is 0 Å². The van der Waals surface area contributed by atoms with Crippen LogP contribution in [0.15, 0.2) is 72.8 Å². The molecular formula is C27H25F5N2O3. The molecule has 0 atom stereocenters. The molecule has 0 bridgehead atoms. The fourth-order valence-corrected chi connectivity index (χ4v) is 3.41. The minimum absolute atomic E-state index is 0.0190. The molecule has 37 heavy (non-hydrogen) atoms. The topological polar surface area (TPSA) is 87.6 Å². The van der Waals surface area contributed by atoms with Gasteiger partial charge in [-0.1, -0.05) is 24.3 Å². The van der Waals surface area contributed by atoms with Crippen LogP contribution >= 0.6 is 0 Å². The third-order valence-corrected chi connectivity index (χ3v) is 5.17. The van der Waals surface area contributed by atoms with Crippen LogP contribution in [0.2, 0.25) is 0 Å². The van der Waals surface area contributed by atoms with Crippen molar-refractivity contribution in [3.63, 3.8) is 0 Å². The molecule has 0 aliphatic rings. The number of anilines is 2. The summed E-state index contributed by atoms with van der Waals surface area (Å²) in [6.07, 6.45) is -6.18. The van der Waals surface area contributed by atoms with E-state index in [1.807, 2.05) is 0 Å². The maximum Gasteiger partial charge on any atom is 0.426 e. The molecule has 0 aromatic heterocycles. The molecule has 3 aromatic rings. The standard InChI is InChI=1S/C27H25F5N2O3/c28-26(29,30)13-1-2-18-3-8-21(9-4-18)27(31,32)37-24-10-5-19(6-11-24)7-12-25(35)36-17-20-14-22(33)16-23(34)15-20/h3-12,14-16H,1-2,13,17,33-34H2/b12-7+. The molecule has 0 amide bonds. The molecule has 0 aliphatic heterocycles. The van der Waals surface area contributed by atoms with E-state index in [0.717, 1.165) is 12.1 Å². The average molecular weight is 520 g/mol. The molecule has 3 rings (SSSR count). The van der Waals surface area contributed by atoms with Gasteiger partial charge in [-0.05, 0) is 78.1 Å². The first-order valence-corrected chi connectivity index (χ1v) is 11.2. The van der Waals surface area contributed by atoms with E-state index >= 15 is 0 Å². The largest absolute Gasteiger partial charge is 0.458 e. The number of esters is 1. The van der Waals surface area contributed by atoms with Crippen molar-refractivity contribution >= 4 is 23.4 Å². The molecule has 0 heterocycles. The summed E-state index contributed by atoms with van der Waals surface area (Å²) in [5.74, 6) is -0.729. The van der Waals surface area contributed by atoms with Crippen LogP contribution < -0.4 is 16.2 Å². The zero-order valence-corrected chi connectivity index (χ0v) is 19.6. The summed E-state index contributed by atoms with van der Waals surface area (Å²) in [6.45, 7) is -0.0190. The van der Waals surface area contributed by atoms with Crippen molar-refractivity contribution in [2.24, 2.45) is 0 Å². The molecule has 3 aromatic carbocycles. The maximum absolute atomic E-state index is 14.5. The second kappa shape index (κ2) is 11.8. The lowest BCUT2D eigenvalue weighted by Gasteiger charge is -2.18. The van der Waals surface area contributed by atoms with Crippen molar-refractivity contribution in [1.29, 1.82) is 0 Å². The molecule has 0 radical (unpaired) electrons. The zero-order chi connectivity index (χ0) is 27.1. The smallest absolute Gasteiger partial charge is 0.426 e. The van der Waals surface area contributed by atoms with Crippen LogP contribution in [0.5, 0.6) is 5.75 Å². The number of hydrogen-bond donors (Lipinski definition) is 2. The highest BCUT2D eigenvalue weighted by Crippen LogP contribution is 2.32. The number of halogens is 5. The molecule has 0 fully saturated rings. The lowest BCUT2D eigenvalue weighted by Crippen LogP contribution is -2.21. The van der Waals surface area contributed by atoms with Crippen LogP contribution in [0.25, 0.3) is 6.08 Å². The molecule has 0 saturated carbocycles. The third-order valence-electron chi connectivity index (χ3n) is 5.17. The number of hydrogen-bond acceptors (Lipinski definition) is 5. The summed E-state index contributed by atoms with van der Waals surface area (Å²) in [6, 6.07) is 15.4. The number of carbonyl (C=O) groups is 1. The fraction of sp³-hybridized carbons (Fsp3) is 0.222. The normalized spacial score (nSPS) is 12.0. The minimum Gasteiger partial charge on any atom is -0.458 e. The lowest BCUT2D eigenvalue weighted by atomic mass is 10.1. The summed E-state index contributed by atoms with van der Waals surface area (Å²) in [5.41, 5.74) is 13.6. The molecule has 196 valence electrons. The summed E-state index contributed by atoms with van der Waals surface area (Å²) >= 11 is 0. The highest BCUT2D eigenvalue weighted by Gasteiger charge is 2.34. The van der Waals surface area contributed by atoms with Crippen LogP contribution in [0.1, 0.15) is 35.1 Å². The van der Waals surface area contributed by atoms with Crippen molar-refractivity contribution in [3.8, 4) is 5.75 Å². The van der Waals surface area contributed by atoms with E-state index in [1.165, 1.54) is 48.6 Å². The van der Waals surface area contributed by atoms with Gasteiger partial charge in [-0.3, -0.25) is 0 Å². The highest BCUT2D eigenvalue weighted by atomic mass is 19.4. The van der Waals surface area contributed by atoms with E-state index in [-0.39, 0.29) is 25.2 Å². The summed E-state index contributed by atoms with van der Waals surface area (Å²) in [7, 11) is 0. The molecule has 0 unspecified atom stereocenters. The Morgan fingerprint density at radius 1 is 0.838 bits per heavy atom. The number of rotatable bonds is 10. The van der Waals surface area contributed by atoms with Crippen molar-refractivity contribution in [2.75, 3.05) is 11.5 Å². The van der Waals surface area contributed by atoms with Gasteiger partial charge in [-0.25, -0.2) is 4.79 Å². The number of ether oxygens (including phenoxy) is 2. The zero-order valence-electron chi connectivity index (χ0n) is 19.6. The van der Waals surface area contributed by atoms with E-state index in [0.29, 0.717) is 28.1 Å². The van der Waals surface area contributed by atoms with Gasteiger partial charge < -0.3 is 20.9 Å². The Balaban J connectivity index is 1.52. The van der Waals surface area contributed by atoms with Crippen LogP contribution in [-0.2, 0) is 28.7 Å². The van der Waals surface area contributed by atoms with E-state index in [4.69, 9.17) is 20.9 Å². The van der Waals surface area contributed by atoms with Crippen molar-refractivity contribution in [3.05, 3.63) is 95.1 Å². The Morgan fingerprint density at radius 2 is 1.46 bits per heavy atom. The third kappa shape index (κ3) is 9.14. The van der Waals surface area contributed by atoms with Crippen LogP contribution in [0.4, 0.5) is 33.3 Å². The van der Waals surface area contributed by atoms with Gasteiger partial charge in [-0.2, -0.15) is 22.0 Å². The number of alkyl halides is 5. The van der Waals surface area contributed by atoms with Crippen molar-refractivity contribution < 1.29 is 36.2 Å². The number of carbonyl (C=O) groups excluding carboxylic acids is 1. The molecule has 10 heteroatoms. The first-order chi connectivity index (χ1) is 17.4. The van der Waals surface area contributed by atoms with Gasteiger partial charge in [0.2, 0.25) is 0 Å². The summed E-state index contributed by atoms with van der Waals surface area (Å²) in [4.78, 5) is 12.0. The monoisotopic (exact) mass is 520 g/mol. The molecule has 5 nitrogen and oxygen atoms in total. The van der Waals surface area contributed by atoms with E-state index in [1.54, 1.807) is 18.2 Å². The van der Waals surface area contributed by atoms with Crippen LogP contribution in [0, 0.1) is 0 Å². The van der Waals surface area contributed by atoms with E-state index in [2.05, 4.69) is 0 Å². The quantitative estimate of drug-likeness (QED) is 0.136. The Hall–Kier alpha value is -4.08. The first-order valence-electron chi connectivity index (χ1n) is 11.2. The Morgan fingerprint density at radius 3 is 2.05 bits per heavy atom. The predicted molar refractivity (Wildman–Crippen MR) is 130 cm³/mol. The number of nitrogens with two attached hydrogens (primary N) is 2. The van der Waals surface area contributed by atoms with Gasteiger partial charge in [0.05, 0.1) is 5.56 Å². The summed E-state index contributed by atoms with van der Waals surface area (Å²) < 4.78 is 75.8. The predicted octanol–water partition coefficient (Wildman–Crippen LogP) is 6.62.